The van der Waals surface area contributed by atoms with Crippen LogP contribution in [0, 0.1) is 5.92 Å². The van der Waals surface area contributed by atoms with Crippen LogP contribution >= 0.6 is 11.3 Å². The van der Waals surface area contributed by atoms with E-state index in [-0.39, 0.29) is 16.3 Å². The largest absolute Gasteiger partial charge is 0.477 e. The highest BCUT2D eigenvalue weighted by Gasteiger charge is 2.34. The van der Waals surface area contributed by atoms with Gasteiger partial charge in [0.25, 0.3) is 0 Å². The van der Waals surface area contributed by atoms with E-state index in [1.807, 2.05) is 6.92 Å². The van der Waals surface area contributed by atoms with Gasteiger partial charge in [-0.1, -0.05) is 19.8 Å². The number of carboxylic acids is 1. The second-order valence-electron chi connectivity index (χ2n) is 5.70. The number of carboxylic acid groups (broad SMARTS) is 1. The Hall–Kier alpha value is -0.960. The Morgan fingerprint density at radius 1 is 1.57 bits per heavy atom. The third-order valence-corrected chi connectivity index (χ3v) is 6.20. The van der Waals surface area contributed by atoms with Gasteiger partial charge in [-0.15, -0.1) is 11.3 Å². The first kappa shape index (κ1) is 16.4. The summed E-state index contributed by atoms with van der Waals surface area (Å²) >= 11 is 0.864. The molecule has 0 aromatic carbocycles. The average molecular weight is 333 g/mol. The van der Waals surface area contributed by atoms with Gasteiger partial charge >= 0.3 is 5.97 Å². The molecule has 1 aromatic rings. The molecule has 8 heteroatoms. The van der Waals surface area contributed by atoms with E-state index in [0.29, 0.717) is 18.8 Å². The van der Waals surface area contributed by atoms with Gasteiger partial charge in [0, 0.05) is 11.9 Å². The Morgan fingerprint density at radius 2 is 2.29 bits per heavy atom. The van der Waals surface area contributed by atoms with Gasteiger partial charge < -0.3 is 10.2 Å². The fourth-order valence-electron chi connectivity index (χ4n) is 2.68. The highest BCUT2D eigenvalue weighted by Crippen LogP contribution is 2.32. The van der Waals surface area contributed by atoms with Crippen LogP contribution in [0.4, 0.5) is 0 Å². The van der Waals surface area contributed by atoms with Crippen LogP contribution in [0.25, 0.3) is 0 Å². The Morgan fingerprint density at radius 3 is 2.86 bits per heavy atom. The number of sulfonamides is 1. The summed E-state index contributed by atoms with van der Waals surface area (Å²) in [5.74, 6) is -0.783. The molecule has 1 aliphatic rings. The molecular weight excluding hydrogens is 314 g/mol. The predicted molar refractivity (Wildman–Crippen MR) is 79.0 cm³/mol. The lowest BCUT2D eigenvalue weighted by Gasteiger charge is -2.35. The summed E-state index contributed by atoms with van der Waals surface area (Å²) in [5, 5.41) is 20.5. The minimum atomic E-state index is -3.79. The van der Waals surface area contributed by atoms with Gasteiger partial charge in [0.15, 0.2) is 0 Å². The molecule has 0 saturated heterocycles. The number of nitrogens with one attached hydrogen (secondary N) is 1. The van der Waals surface area contributed by atoms with Crippen LogP contribution in [0.3, 0.4) is 0 Å². The van der Waals surface area contributed by atoms with Crippen molar-refractivity contribution < 1.29 is 23.4 Å². The number of hydrogen-bond donors (Lipinski definition) is 3. The van der Waals surface area contributed by atoms with Crippen LogP contribution in [-0.2, 0) is 10.0 Å². The monoisotopic (exact) mass is 333 g/mol. The van der Waals surface area contributed by atoms with Crippen molar-refractivity contribution in [2.45, 2.75) is 43.1 Å². The van der Waals surface area contributed by atoms with Gasteiger partial charge in [-0.05, 0) is 24.8 Å². The molecule has 6 nitrogen and oxygen atoms in total. The molecule has 0 spiro atoms. The predicted octanol–water partition coefficient (Wildman–Crippen LogP) is 1.67. The van der Waals surface area contributed by atoms with E-state index in [1.165, 1.54) is 5.38 Å². The van der Waals surface area contributed by atoms with E-state index in [0.717, 1.165) is 30.2 Å². The van der Waals surface area contributed by atoms with E-state index in [2.05, 4.69) is 4.72 Å². The topological polar surface area (TPSA) is 104 Å². The van der Waals surface area contributed by atoms with E-state index < -0.39 is 21.6 Å². The normalized spacial score (nSPS) is 26.7. The van der Waals surface area contributed by atoms with Crippen molar-refractivity contribution in [3.8, 4) is 0 Å². The fourth-order valence-corrected chi connectivity index (χ4v) is 4.91. The number of carbonyl (C=O) groups is 1. The van der Waals surface area contributed by atoms with Crippen LogP contribution in [0.5, 0.6) is 0 Å². The number of hydrogen-bond acceptors (Lipinski definition) is 5. The molecule has 2 atom stereocenters. The van der Waals surface area contributed by atoms with E-state index in [4.69, 9.17) is 5.11 Å². The molecule has 3 N–H and O–H groups in total. The molecule has 0 aliphatic heterocycles. The quantitative estimate of drug-likeness (QED) is 0.760. The Kier molecular flexibility index (Phi) is 4.72. The maximum Gasteiger partial charge on any atom is 0.345 e. The Balaban J connectivity index is 2.05. The van der Waals surface area contributed by atoms with Crippen molar-refractivity contribution in [3.05, 3.63) is 16.3 Å². The SMILES string of the molecule is CC1CCCC(O)(CNS(=O)(=O)c2csc(C(=O)O)c2)C1. The molecular formula is C13H19NO5S2. The second-order valence-corrected chi connectivity index (χ2v) is 8.38. The molecule has 1 fully saturated rings. The van der Waals surface area contributed by atoms with E-state index in [9.17, 15) is 18.3 Å². The zero-order valence-corrected chi connectivity index (χ0v) is 13.3. The molecule has 1 heterocycles. The molecule has 2 unspecified atom stereocenters. The molecule has 0 bridgehead atoms. The molecule has 1 aromatic heterocycles. The summed E-state index contributed by atoms with van der Waals surface area (Å²) < 4.78 is 26.6. The highest BCUT2D eigenvalue weighted by atomic mass is 32.2. The summed E-state index contributed by atoms with van der Waals surface area (Å²) in [4.78, 5) is 10.7. The van der Waals surface area contributed by atoms with Crippen LogP contribution in [0.1, 0.15) is 42.3 Å². The summed E-state index contributed by atoms with van der Waals surface area (Å²) in [6.45, 7) is 1.99. The van der Waals surface area contributed by atoms with Gasteiger partial charge in [0.05, 0.1) is 10.5 Å². The first-order chi connectivity index (χ1) is 9.72. The lowest BCUT2D eigenvalue weighted by atomic mass is 9.79. The lowest BCUT2D eigenvalue weighted by Crippen LogP contribution is -2.45. The maximum absolute atomic E-state index is 12.1. The summed E-state index contributed by atoms with van der Waals surface area (Å²) in [6.07, 6.45) is 3.06. The van der Waals surface area contributed by atoms with Gasteiger partial charge in [-0.25, -0.2) is 17.9 Å². The smallest absolute Gasteiger partial charge is 0.345 e. The Labute approximate surface area is 127 Å². The zero-order valence-electron chi connectivity index (χ0n) is 11.7. The minimum Gasteiger partial charge on any atom is -0.477 e. The molecule has 118 valence electrons. The van der Waals surface area contributed by atoms with Crippen molar-refractivity contribution in [1.29, 1.82) is 0 Å². The van der Waals surface area contributed by atoms with Crippen molar-refractivity contribution in [2.75, 3.05) is 6.54 Å². The van der Waals surface area contributed by atoms with E-state index in [1.54, 1.807) is 0 Å². The van der Waals surface area contributed by atoms with Crippen LogP contribution in [0.2, 0.25) is 0 Å². The van der Waals surface area contributed by atoms with Crippen LogP contribution in [0.15, 0.2) is 16.3 Å². The van der Waals surface area contributed by atoms with Gasteiger partial charge in [-0.2, -0.15) is 0 Å². The van der Waals surface area contributed by atoms with Crippen molar-refractivity contribution in [2.24, 2.45) is 5.92 Å². The lowest BCUT2D eigenvalue weighted by molar-refractivity contribution is -0.00752. The molecule has 2 rings (SSSR count). The number of rotatable bonds is 5. The fraction of sp³-hybridized carbons (Fsp3) is 0.615. The standard InChI is InChI=1S/C13H19NO5S2/c1-9-3-2-4-13(17,6-9)8-14-21(18,19)10-5-11(12(15)16)20-7-10/h5,7,9,14,17H,2-4,6,8H2,1H3,(H,15,16). The number of aromatic carboxylic acids is 1. The average Bonchev–Trinajstić information content (AvgIpc) is 2.87. The first-order valence-corrected chi connectivity index (χ1v) is 9.12. The van der Waals surface area contributed by atoms with Gasteiger partial charge in [0.2, 0.25) is 10.0 Å². The van der Waals surface area contributed by atoms with Crippen molar-refractivity contribution in [1.82, 2.24) is 4.72 Å². The maximum atomic E-state index is 12.1. The van der Waals surface area contributed by atoms with Gasteiger partial charge in [0.1, 0.15) is 4.88 Å². The summed E-state index contributed by atoms with van der Waals surface area (Å²) in [5.41, 5.74) is -1.02. The molecule has 0 amide bonds. The van der Waals surface area contributed by atoms with Crippen LogP contribution in [-0.4, -0.2) is 36.7 Å². The van der Waals surface area contributed by atoms with Crippen molar-refractivity contribution >= 4 is 27.3 Å². The molecule has 1 saturated carbocycles. The highest BCUT2D eigenvalue weighted by molar-refractivity contribution is 7.89. The molecule has 1 aliphatic carbocycles. The molecule has 0 radical (unpaired) electrons. The van der Waals surface area contributed by atoms with Crippen molar-refractivity contribution in [3.63, 3.8) is 0 Å². The zero-order chi connectivity index (χ0) is 15.7. The summed E-state index contributed by atoms with van der Waals surface area (Å²) in [6, 6.07) is 1.13. The third-order valence-electron chi connectivity index (χ3n) is 3.76. The second kappa shape index (κ2) is 6.04. The first-order valence-electron chi connectivity index (χ1n) is 6.76. The Bertz CT molecular complexity index is 624. The molecule has 21 heavy (non-hydrogen) atoms. The van der Waals surface area contributed by atoms with Crippen LogP contribution < -0.4 is 4.72 Å². The third kappa shape index (κ3) is 4.03. The number of aliphatic hydroxyl groups is 1. The van der Waals surface area contributed by atoms with Gasteiger partial charge in [-0.3, -0.25) is 0 Å². The minimum absolute atomic E-state index is 0.0274. The van der Waals surface area contributed by atoms with E-state index >= 15 is 0 Å². The summed E-state index contributed by atoms with van der Waals surface area (Å²) in [7, 11) is -3.79. The number of thiophene rings is 1.